The van der Waals surface area contributed by atoms with Crippen LogP contribution in [-0.4, -0.2) is 40.5 Å². The predicted molar refractivity (Wildman–Crippen MR) is 187 cm³/mol. The Labute approximate surface area is 282 Å². The summed E-state index contributed by atoms with van der Waals surface area (Å²) >= 11 is 2.83. The molecule has 242 valence electrons. The maximum Gasteiger partial charge on any atom is 0.341 e. The van der Waals surface area contributed by atoms with E-state index in [9.17, 15) is 19.2 Å². The van der Waals surface area contributed by atoms with Crippen LogP contribution < -0.4 is 16.0 Å². The zero-order chi connectivity index (χ0) is 33.2. The van der Waals surface area contributed by atoms with E-state index in [-0.39, 0.29) is 18.2 Å². The number of fused-ring (bicyclic) bond motifs is 1. The molecule has 1 atom stereocenters. The minimum absolute atomic E-state index is 0.0479. The Morgan fingerprint density at radius 1 is 0.979 bits per heavy atom. The van der Waals surface area contributed by atoms with E-state index in [0.717, 1.165) is 41.0 Å². The molecule has 0 aliphatic heterocycles. The van der Waals surface area contributed by atoms with Crippen molar-refractivity contribution in [2.45, 2.75) is 56.1 Å². The minimum atomic E-state index is -0.516. The molecular formula is C36H36N4O5S2. The van der Waals surface area contributed by atoms with Gasteiger partial charge in [-0.1, -0.05) is 37.3 Å². The van der Waals surface area contributed by atoms with Crippen LogP contribution in [0.15, 0.2) is 89.7 Å². The van der Waals surface area contributed by atoms with Crippen molar-refractivity contribution >= 4 is 63.6 Å². The van der Waals surface area contributed by atoms with E-state index in [0.29, 0.717) is 33.8 Å². The monoisotopic (exact) mass is 668 g/mol. The lowest BCUT2D eigenvalue weighted by Gasteiger charge is -2.16. The lowest BCUT2D eigenvalue weighted by atomic mass is 9.95. The number of benzene rings is 2. The summed E-state index contributed by atoms with van der Waals surface area (Å²) in [5.74, 6) is -1.54. The van der Waals surface area contributed by atoms with Crippen LogP contribution in [-0.2, 0) is 27.2 Å². The molecule has 0 spiro atoms. The average Bonchev–Trinajstić information content (AvgIpc) is 3.45. The van der Waals surface area contributed by atoms with Gasteiger partial charge in [-0.05, 0) is 92.6 Å². The van der Waals surface area contributed by atoms with Crippen LogP contribution in [0.5, 0.6) is 0 Å². The summed E-state index contributed by atoms with van der Waals surface area (Å²) in [7, 11) is 0. The maximum absolute atomic E-state index is 13.5. The summed E-state index contributed by atoms with van der Waals surface area (Å²) in [4.78, 5) is 58.8. The van der Waals surface area contributed by atoms with Crippen LogP contribution in [0.3, 0.4) is 0 Å². The van der Waals surface area contributed by atoms with Crippen LogP contribution in [0.1, 0.15) is 69.8 Å². The molecule has 9 nitrogen and oxygen atoms in total. The van der Waals surface area contributed by atoms with Crippen LogP contribution in [0, 0.1) is 0 Å². The fourth-order valence-corrected chi connectivity index (χ4v) is 7.46. The molecule has 4 aromatic rings. The van der Waals surface area contributed by atoms with Gasteiger partial charge in [0.25, 0.3) is 11.8 Å². The van der Waals surface area contributed by atoms with E-state index >= 15 is 0 Å². The third-order valence-electron chi connectivity index (χ3n) is 7.45. The predicted octanol–water partition coefficient (Wildman–Crippen LogP) is 7.12. The molecule has 0 fully saturated rings. The average molecular weight is 669 g/mol. The molecule has 1 unspecified atom stereocenters. The number of anilines is 2. The fraction of sp³-hybridized carbons (Fsp3) is 0.250. The Morgan fingerprint density at radius 3 is 2.53 bits per heavy atom. The zero-order valence-corrected chi connectivity index (χ0v) is 27.8. The Hall–Kier alpha value is -4.74. The number of thioether (sulfide) groups is 1. The lowest BCUT2D eigenvalue weighted by Crippen LogP contribution is -2.30. The van der Waals surface area contributed by atoms with E-state index < -0.39 is 23.0 Å². The molecule has 1 aliphatic rings. The van der Waals surface area contributed by atoms with Crippen LogP contribution in [0.2, 0.25) is 0 Å². The van der Waals surface area contributed by atoms with Crippen molar-refractivity contribution in [1.29, 1.82) is 0 Å². The third-order valence-corrected chi connectivity index (χ3v) is 10.0. The number of nitrogens with zero attached hydrogens (tertiary/aromatic N) is 1. The zero-order valence-electron chi connectivity index (χ0n) is 26.2. The first-order chi connectivity index (χ1) is 22.9. The normalized spacial score (nSPS) is 13.2. The van der Waals surface area contributed by atoms with Crippen molar-refractivity contribution in [1.82, 2.24) is 10.3 Å². The van der Waals surface area contributed by atoms with E-state index in [4.69, 9.17) is 4.74 Å². The summed E-state index contributed by atoms with van der Waals surface area (Å²) in [5, 5.41) is 8.72. The topological polar surface area (TPSA) is 126 Å². The first-order valence-corrected chi connectivity index (χ1v) is 17.2. The van der Waals surface area contributed by atoms with Gasteiger partial charge in [-0.15, -0.1) is 23.1 Å². The Kier molecular flexibility index (Phi) is 11.6. The first kappa shape index (κ1) is 33.6. The quantitative estimate of drug-likeness (QED) is 0.0834. The van der Waals surface area contributed by atoms with Gasteiger partial charge in [0.1, 0.15) is 10.7 Å². The van der Waals surface area contributed by atoms with Gasteiger partial charge >= 0.3 is 5.97 Å². The molecule has 0 saturated carbocycles. The molecule has 0 bridgehead atoms. The standard InChI is InChI=1S/C36H36N4O5S2/c1-3-29(34(43)40-35-31(36(44)45-4-2)27-17-8-9-18-30(27)47-35)46-26-16-10-15-25(21-26)38-33(42)28(20-23-12-11-19-37-22-23)39-32(41)24-13-6-5-7-14-24/h5-7,10-16,19-22,29H,3-4,8-9,17-18H2,1-2H3,(H,38,42)(H,39,41)(H,40,43)/b28-20-. The number of rotatable bonds is 12. The van der Waals surface area contributed by atoms with Gasteiger partial charge < -0.3 is 20.7 Å². The second-order valence-corrected chi connectivity index (χ2v) is 13.2. The molecule has 1 aliphatic carbocycles. The molecule has 11 heteroatoms. The van der Waals surface area contributed by atoms with Gasteiger partial charge in [0, 0.05) is 33.4 Å². The third kappa shape index (κ3) is 8.75. The summed E-state index contributed by atoms with van der Waals surface area (Å²) in [6, 6.07) is 19.4. The van der Waals surface area contributed by atoms with Gasteiger partial charge in [0.15, 0.2) is 0 Å². The number of hydrogen-bond donors (Lipinski definition) is 3. The molecule has 2 heterocycles. The lowest BCUT2D eigenvalue weighted by molar-refractivity contribution is -0.116. The second kappa shape index (κ2) is 16.2. The number of esters is 1. The van der Waals surface area contributed by atoms with Crippen molar-refractivity contribution in [3.8, 4) is 0 Å². The van der Waals surface area contributed by atoms with Crippen molar-refractivity contribution < 1.29 is 23.9 Å². The van der Waals surface area contributed by atoms with Crippen LogP contribution in [0.4, 0.5) is 10.7 Å². The number of ether oxygens (including phenoxy) is 1. The van der Waals surface area contributed by atoms with Gasteiger partial charge in [0.05, 0.1) is 17.4 Å². The minimum Gasteiger partial charge on any atom is -0.462 e. The van der Waals surface area contributed by atoms with E-state index in [1.807, 2.05) is 19.1 Å². The Bertz CT molecular complexity index is 1770. The van der Waals surface area contributed by atoms with Crippen LogP contribution >= 0.6 is 23.1 Å². The number of thiophene rings is 1. The highest BCUT2D eigenvalue weighted by atomic mass is 32.2. The Balaban J connectivity index is 1.30. The highest BCUT2D eigenvalue weighted by Crippen LogP contribution is 2.39. The molecular weight excluding hydrogens is 633 g/mol. The molecule has 0 saturated heterocycles. The number of pyridine rings is 1. The SMILES string of the molecule is CCOC(=O)c1c(NC(=O)C(CC)Sc2cccc(NC(=O)/C(=C/c3cccnc3)NC(=O)c3ccccc3)c2)sc2c1CCCC2. The summed E-state index contributed by atoms with van der Waals surface area (Å²) in [6.07, 6.45) is 9.07. The highest BCUT2D eigenvalue weighted by Gasteiger charge is 2.29. The number of aryl methyl sites for hydroxylation is 1. The van der Waals surface area contributed by atoms with Gasteiger partial charge in [-0.25, -0.2) is 4.79 Å². The molecule has 47 heavy (non-hydrogen) atoms. The van der Waals surface area contributed by atoms with Crippen molar-refractivity contribution in [2.75, 3.05) is 17.2 Å². The first-order valence-electron chi connectivity index (χ1n) is 15.5. The van der Waals surface area contributed by atoms with Crippen molar-refractivity contribution in [2.24, 2.45) is 0 Å². The van der Waals surface area contributed by atoms with Crippen molar-refractivity contribution in [3.05, 3.63) is 112 Å². The van der Waals surface area contributed by atoms with Crippen molar-refractivity contribution in [3.63, 3.8) is 0 Å². The molecule has 2 aromatic carbocycles. The van der Waals surface area contributed by atoms with Crippen LogP contribution in [0.25, 0.3) is 6.08 Å². The number of carbonyl (C=O) groups is 4. The van der Waals surface area contributed by atoms with E-state index in [1.165, 1.54) is 23.1 Å². The molecule has 2 aromatic heterocycles. The summed E-state index contributed by atoms with van der Waals surface area (Å²) in [5.41, 5.74) is 3.08. The maximum atomic E-state index is 13.5. The molecule has 0 radical (unpaired) electrons. The number of aromatic nitrogens is 1. The molecule has 5 rings (SSSR count). The Morgan fingerprint density at radius 2 is 1.79 bits per heavy atom. The largest absolute Gasteiger partial charge is 0.462 e. The van der Waals surface area contributed by atoms with E-state index in [2.05, 4.69) is 20.9 Å². The smallest absolute Gasteiger partial charge is 0.341 e. The van der Waals surface area contributed by atoms with Gasteiger partial charge in [-0.3, -0.25) is 19.4 Å². The molecule has 3 N–H and O–H groups in total. The molecule has 3 amide bonds. The highest BCUT2D eigenvalue weighted by molar-refractivity contribution is 8.00. The number of amides is 3. The number of hydrogen-bond acceptors (Lipinski definition) is 8. The fourth-order valence-electron chi connectivity index (χ4n) is 5.17. The second-order valence-electron chi connectivity index (χ2n) is 10.8. The van der Waals surface area contributed by atoms with Gasteiger partial charge in [0.2, 0.25) is 5.91 Å². The number of nitrogens with one attached hydrogen (secondary N) is 3. The summed E-state index contributed by atoms with van der Waals surface area (Å²) in [6.45, 7) is 3.96. The number of carbonyl (C=O) groups excluding carboxylic acids is 4. The van der Waals surface area contributed by atoms with Gasteiger partial charge in [-0.2, -0.15) is 0 Å². The summed E-state index contributed by atoms with van der Waals surface area (Å²) < 4.78 is 5.34. The van der Waals surface area contributed by atoms with E-state index in [1.54, 1.807) is 80.0 Å².